The summed E-state index contributed by atoms with van der Waals surface area (Å²) < 4.78 is 5.28. The van der Waals surface area contributed by atoms with Crippen LogP contribution in [0, 0.1) is 0 Å². The Balaban J connectivity index is 3.48. The predicted octanol–water partition coefficient (Wildman–Crippen LogP) is 8.97. The summed E-state index contributed by atoms with van der Waals surface area (Å²) in [5.41, 5.74) is 0. The second-order valence-corrected chi connectivity index (χ2v) is 10.7. The highest BCUT2D eigenvalue weighted by molar-refractivity contribution is 5.81. The average molecular weight is 512 g/mol. The number of unbranched alkanes of at least 4 members (excludes halogenated alkanes) is 21. The van der Waals surface area contributed by atoms with Gasteiger partial charge in [-0.25, -0.2) is 0 Å². The average Bonchev–Trinajstić information content (AvgIpc) is 2.86. The first-order chi connectivity index (χ1) is 17.6. The summed E-state index contributed by atoms with van der Waals surface area (Å²) in [6.45, 7) is 5.52. The van der Waals surface area contributed by atoms with Gasteiger partial charge < -0.3 is 15.2 Å². The molecule has 0 aliphatic heterocycles. The number of rotatable bonds is 29. The minimum Gasteiger partial charge on any atom is -0.480 e. The molecule has 0 fully saturated rings. The van der Waals surface area contributed by atoms with Crippen molar-refractivity contribution in [2.45, 2.75) is 174 Å². The Morgan fingerprint density at radius 3 is 1.33 bits per heavy atom. The molecule has 0 rings (SSSR count). The van der Waals surface area contributed by atoms with E-state index in [0.717, 1.165) is 25.7 Å². The van der Waals surface area contributed by atoms with Crippen molar-refractivity contribution in [3.63, 3.8) is 0 Å². The van der Waals surface area contributed by atoms with Crippen LogP contribution in [0.3, 0.4) is 0 Å². The summed E-state index contributed by atoms with van der Waals surface area (Å²) in [5.74, 6) is -1.38. The summed E-state index contributed by atoms with van der Waals surface area (Å²) in [7, 11) is 0. The highest BCUT2D eigenvalue weighted by Crippen LogP contribution is 2.14. The van der Waals surface area contributed by atoms with E-state index >= 15 is 0 Å². The van der Waals surface area contributed by atoms with Gasteiger partial charge in [0.05, 0.1) is 13.0 Å². The maximum Gasteiger partial charge on any atom is 0.321 e. The number of carbonyl (C=O) groups excluding carboxylic acids is 1. The predicted molar refractivity (Wildman–Crippen MR) is 153 cm³/mol. The summed E-state index contributed by atoms with van der Waals surface area (Å²) >= 11 is 0. The van der Waals surface area contributed by atoms with Crippen LogP contribution < -0.4 is 5.32 Å². The molecule has 1 atom stereocenters. The van der Waals surface area contributed by atoms with Crippen LogP contribution in [0.5, 0.6) is 0 Å². The van der Waals surface area contributed by atoms with E-state index in [2.05, 4.69) is 19.2 Å². The smallest absolute Gasteiger partial charge is 0.321 e. The number of hydrogen-bond acceptors (Lipinski definition) is 4. The van der Waals surface area contributed by atoms with Crippen molar-refractivity contribution in [2.75, 3.05) is 13.2 Å². The van der Waals surface area contributed by atoms with Crippen LogP contribution in [0.1, 0.15) is 168 Å². The molecule has 0 radical (unpaired) electrons. The Morgan fingerprint density at radius 1 is 0.583 bits per heavy atom. The Kier molecular flexibility index (Phi) is 27.6. The fourth-order valence-corrected chi connectivity index (χ4v) is 4.67. The zero-order valence-electron chi connectivity index (χ0n) is 24.1. The molecular formula is C31H61NO4. The molecule has 0 saturated carbocycles. The third kappa shape index (κ3) is 26.0. The minimum absolute atomic E-state index is 0.0926. The highest BCUT2D eigenvalue weighted by atomic mass is 16.5. The van der Waals surface area contributed by atoms with E-state index in [1.807, 2.05) is 0 Å². The molecule has 0 aromatic rings. The van der Waals surface area contributed by atoms with Crippen LogP contribution in [0.4, 0.5) is 0 Å². The third-order valence-electron chi connectivity index (χ3n) is 7.10. The van der Waals surface area contributed by atoms with Gasteiger partial charge in [0.1, 0.15) is 6.04 Å². The first-order valence-corrected chi connectivity index (χ1v) is 15.7. The summed E-state index contributed by atoms with van der Waals surface area (Å²) in [6.07, 6.45) is 29.2. The van der Waals surface area contributed by atoms with Crippen molar-refractivity contribution >= 4 is 11.9 Å². The monoisotopic (exact) mass is 511 g/mol. The number of carbonyl (C=O) groups is 2. The highest BCUT2D eigenvalue weighted by Gasteiger charge is 2.21. The van der Waals surface area contributed by atoms with Crippen LogP contribution >= 0.6 is 0 Å². The fourth-order valence-electron chi connectivity index (χ4n) is 4.67. The molecule has 0 amide bonds. The molecule has 0 saturated heterocycles. The summed E-state index contributed by atoms with van der Waals surface area (Å²) in [4.78, 5) is 23.5. The van der Waals surface area contributed by atoms with Crippen LogP contribution in [0.25, 0.3) is 0 Å². The lowest BCUT2D eigenvalue weighted by Gasteiger charge is -2.14. The molecular weight excluding hydrogens is 450 g/mol. The molecule has 2 N–H and O–H groups in total. The Morgan fingerprint density at radius 2 is 0.944 bits per heavy atom. The number of aliphatic carboxylic acids is 1. The van der Waals surface area contributed by atoms with Gasteiger partial charge in [0.2, 0.25) is 0 Å². The topological polar surface area (TPSA) is 75.6 Å². The standard InChI is InChI=1S/C31H61NO4/c1-3-5-7-9-11-12-13-14-15-16-17-18-19-21-23-25-27-36-30(33)28-29(31(34)35)32-26-24-22-20-10-8-6-4-2/h29,32H,3-28H2,1-2H3,(H,34,35). The van der Waals surface area contributed by atoms with E-state index in [-0.39, 0.29) is 6.42 Å². The van der Waals surface area contributed by atoms with Gasteiger partial charge in [-0.1, -0.05) is 149 Å². The molecule has 0 aromatic heterocycles. The Bertz CT molecular complexity index is 483. The molecule has 214 valence electrons. The molecule has 0 aromatic carbocycles. The van der Waals surface area contributed by atoms with Gasteiger partial charge in [0.25, 0.3) is 0 Å². The van der Waals surface area contributed by atoms with E-state index in [4.69, 9.17) is 4.74 Å². The molecule has 0 heterocycles. The number of esters is 1. The van der Waals surface area contributed by atoms with Crippen molar-refractivity contribution < 1.29 is 19.4 Å². The number of nitrogens with one attached hydrogen (secondary N) is 1. The minimum atomic E-state index is -0.975. The second-order valence-electron chi connectivity index (χ2n) is 10.7. The quantitative estimate of drug-likeness (QED) is 0.0774. The van der Waals surface area contributed by atoms with Crippen LogP contribution in [-0.4, -0.2) is 36.2 Å². The van der Waals surface area contributed by atoms with Crippen molar-refractivity contribution in [3.8, 4) is 0 Å². The van der Waals surface area contributed by atoms with Crippen molar-refractivity contribution in [3.05, 3.63) is 0 Å². The first-order valence-electron chi connectivity index (χ1n) is 15.7. The van der Waals surface area contributed by atoms with Gasteiger partial charge in [-0.3, -0.25) is 9.59 Å². The van der Waals surface area contributed by atoms with E-state index < -0.39 is 18.0 Å². The maximum absolute atomic E-state index is 12.0. The van der Waals surface area contributed by atoms with Crippen molar-refractivity contribution in [1.29, 1.82) is 0 Å². The van der Waals surface area contributed by atoms with E-state index in [9.17, 15) is 14.7 Å². The summed E-state index contributed by atoms with van der Waals surface area (Å²) in [5, 5.41) is 12.4. The largest absolute Gasteiger partial charge is 0.480 e. The Labute approximate surface area is 223 Å². The lowest BCUT2D eigenvalue weighted by molar-refractivity contribution is -0.149. The molecule has 0 aliphatic rings. The van der Waals surface area contributed by atoms with Gasteiger partial charge >= 0.3 is 11.9 Å². The van der Waals surface area contributed by atoms with Crippen molar-refractivity contribution in [1.82, 2.24) is 5.32 Å². The molecule has 5 heteroatoms. The van der Waals surface area contributed by atoms with Gasteiger partial charge in [-0.15, -0.1) is 0 Å². The number of ether oxygens (including phenoxy) is 1. The molecule has 0 spiro atoms. The zero-order valence-corrected chi connectivity index (χ0v) is 24.1. The van der Waals surface area contributed by atoms with E-state index in [1.165, 1.54) is 122 Å². The first kappa shape index (κ1) is 34.9. The molecule has 36 heavy (non-hydrogen) atoms. The van der Waals surface area contributed by atoms with Gasteiger partial charge in [-0.2, -0.15) is 0 Å². The van der Waals surface area contributed by atoms with Crippen LogP contribution in [-0.2, 0) is 14.3 Å². The number of hydrogen-bond donors (Lipinski definition) is 2. The lowest BCUT2D eigenvalue weighted by atomic mass is 10.0. The molecule has 0 aliphatic carbocycles. The van der Waals surface area contributed by atoms with E-state index in [0.29, 0.717) is 13.2 Å². The Hall–Kier alpha value is -1.10. The zero-order chi connectivity index (χ0) is 26.5. The van der Waals surface area contributed by atoms with Gasteiger partial charge in [-0.05, 0) is 19.4 Å². The SMILES string of the molecule is CCCCCCCCCCCCCCCCCCOC(=O)CC(NCCCCCCCCC)C(=O)O. The normalized spacial score (nSPS) is 12.1. The number of carboxylic acid groups (broad SMARTS) is 1. The van der Waals surface area contributed by atoms with E-state index in [1.54, 1.807) is 0 Å². The lowest BCUT2D eigenvalue weighted by Crippen LogP contribution is -2.39. The van der Waals surface area contributed by atoms with Crippen LogP contribution in [0.15, 0.2) is 0 Å². The molecule has 5 nitrogen and oxygen atoms in total. The van der Waals surface area contributed by atoms with Crippen LogP contribution in [0.2, 0.25) is 0 Å². The summed E-state index contributed by atoms with van der Waals surface area (Å²) in [6, 6.07) is -0.844. The molecule has 0 bridgehead atoms. The third-order valence-corrected chi connectivity index (χ3v) is 7.10. The second kappa shape index (κ2) is 28.5. The number of carboxylic acids is 1. The van der Waals surface area contributed by atoms with Crippen molar-refractivity contribution in [2.24, 2.45) is 0 Å². The molecule has 1 unspecified atom stereocenters. The maximum atomic E-state index is 12.0. The van der Waals surface area contributed by atoms with Gasteiger partial charge in [0, 0.05) is 0 Å². The fraction of sp³-hybridized carbons (Fsp3) is 0.935. The van der Waals surface area contributed by atoms with Gasteiger partial charge in [0.15, 0.2) is 0 Å².